The Morgan fingerprint density at radius 2 is 1.79 bits per heavy atom. The largest absolute Gasteiger partial charge is 0.319 e. The Kier molecular flexibility index (Phi) is 6.01. The molecule has 14 heavy (non-hydrogen) atoms. The van der Waals surface area contributed by atoms with Crippen molar-refractivity contribution < 1.29 is 4.79 Å². The number of carbonyl (C=O) groups excluding carboxylic acids is 1. The van der Waals surface area contributed by atoms with Gasteiger partial charge < -0.3 is 5.73 Å². The molecule has 84 valence electrons. The van der Waals surface area contributed by atoms with E-state index in [1.807, 2.05) is 13.8 Å². The molecule has 0 saturated heterocycles. The van der Waals surface area contributed by atoms with E-state index in [0.717, 1.165) is 25.7 Å². The Morgan fingerprint density at radius 3 is 2.14 bits per heavy atom. The van der Waals surface area contributed by atoms with Crippen molar-refractivity contribution in [2.75, 3.05) is 0 Å². The summed E-state index contributed by atoms with van der Waals surface area (Å²) in [6.45, 7) is 8.27. The highest BCUT2D eigenvalue weighted by molar-refractivity contribution is 5.88. The Morgan fingerprint density at radius 1 is 1.29 bits per heavy atom. The molecular weight excluding hydrogens is 174 g/mol. The molecule has 0 radical (unpaired) electrons. The molecule has 0 amide bonds. The molecule has 0 aliphatic carbocycles. The monoisotopic (exact) mass is 199 g/mol. The van der Waals surface area contributed by atoms with Gasteiger partial charge in [-0.3, -0.25) is 4.79 Å². The number of ketones is 1. The zero-order valence-corrected chi connectivity index (χ0v) is 10.1. The zero-order chi connectivity index (χ0) is 11.2. The van der Waals surface area contributed by atoms with Crippen LogP contribution in [0.4, 0.5) is 0 Å². The van der Waals surface area contributed by atoms with E-state index in [0.29, 0.717) is 12.3 Å². The number of Topliss-reactive ketones (excluding diaryl/α,β-unsaturated/α-hetero) is 1. The summed E-state index contributed by atoms with van der Waals surface area (Å²) in [7, 11) is 0. The van der Waals surface area contributed by atoms with Crippen molar-refractivity contribution in [3.05, 3.63) is 0 Å². The van der Waals surface area contributed by atoms with Crippen molar-refractivity contribution in [3.8, 4) is 0 Å². The number of hydrogen-bond donors (Lipinski definition) is 1. The smallest absolute Gasteiger partial charge is 0.152 e. The lowest BCUT2D eigenvalue weighted by atomic mass is 9.84. The van der Waals surface area contributed by atoms with Crippen LogP contribution in [0.15, 0.2) is 0 Å². The molecule has 0 rings (SSSR count). The molecule has 1 unspecified atom stereocenters. The van der Waals surface area contributed by atoms with E-state index in [-0.39, 0.29) is 5.78 Å². The quantitative estimate of drug-likeness (QED) is 0.685. The molecule has 0 fully saturated rings. The third-order valence-electron chi connectivity index (χ3n) is 3.13. The molecule has 0 bridgehead atoms. The van der Waals surface area contributed by atoms with E-state index in [9.17, 15) is 4.79 Å². The van der Waals surface area contributed by atoms with Gasteiger partial charge in [0.25, 0.3) is 0 Å². The normalized spacial score (nSPS) is 14.1. The molecule has 0 aromatic heterocycles. The van der Waals surface area contributed by atoms with Crippen molar-refractivity contribution in [2.24, 2.45) is 11.7 Å². The van der Waals surface area contributed by atoms with Crippen LogP contribution in [-0.2, 0) is 4.79 Å². The van der Waals surface area contributed by atoms with Crippen LogP contribution in [0.3, 0.4) is 0 Å². The molecule has 0 aliphatic heterocycles. The van der Waals surface area contributed by atoms with Crippen LogP contribution < -0.4 is 5.73 Å². The molecule has 0 saturated carbocycles. The zero-order valence-electron chi connectivity index (χ0n) is 10.1. The molecule has 2 N–H and O–H groups in total. The molecule has 0 aromatic rings. The van der Waals surface area contributed by atoms with Gasteiger partial charge in [-0.15, -0.1) is 0 Å². The van der Waals surface area contributed by atoms with Gasteiger partial charge in [-0.2, -0.15) is 0 Å². The van der Waals surface area contributed by atoms with Crippen LogP contribution in [0, 0.1) is 5.92 Å². The van der Waals surface area contributed by atoms with Gasteiger partial charge in [0.1, 0.15) is 0 Å². The maximum Gasteiger partial charge on any atom is 0.152 e. The van der Waals surface area contributed by atoms with Crippen molar-refractivity contribution in [2.45, 2.75) is 65.3 Å². The van der Waals surface area contributed by atoms with Crippen LogP contribution in [-0.4, -0.2) is 11.3 Å². The standard InChI is InChI=1S/C12H25NO/c1-5-8-10(4)9-11(14)12(13,6-2)7-3/h10H,5-9,13H2,1-4H3. The molecule has 2 heteroatoms. The molecule has 2 nitrogen and oxygen atoms in total. The number of rotatable bonds is 7. The fourth-order valence-corrected chi connectivity index (χ4v) is 1.76. The molecular formula is C12H25NO. The minimum Gasteiger partial charge on any atom is -0.319 e. The SMILES string of the molecule is CCCC(C)CC(=O)C(N)(CC)CC. The second kappa shape index (κ2) is 6.18. The molecule has 0 heterocycles. The summed E-state index contributed by atoms with van der Waals surface area (Å²) < 4.78 is 0. The average Bonchev–Trinajstić information content (AvgIpc) is 2.16. The van der Waals surface area contributed by atoms with E-state index in [2.05, 4.69) is 13.8 Å². The van der Waals surface area contributed by atoms with E-state index >= 15 is 0 Å². The first-order valence-corrected chi connectivity index (χ1v) is 5.82. The number of hydrogen-bond acceptors (Lipinski definition) is 2. The summed E-state index contributed by atoms with van der Waals surface area (Å²) in [6, 6.07) is 0. The second-order valence-corrected chi connectivity index (χ2v) is 4.38. The Labute approximate surface area is 88.3 Å². The predicted octanol–water partition coefficient (Wildman–Crippen LogP) is 2.90. The highest BCUT2D eigenvalue weighted by atomic mass is 16.1. The highest BCUT2D eigenvalue weighted by Gasteiger charge is 2.29. The van der Waals surface area contributed by atoms with Crippen LogP contribution in [0.2, 0.25) is 0 Å². The summed E-state index contributed by atoms with van der Waals surface area (Å²) >= 11 is 0. The van der Waals surface area contributed by atoms with Gasteiger partial charge in [0.2, 0.25) is 0 Å². The van der Waals surface area contributed by atoms with Crippen molar-refractivity contribution in [1.82, 2.24) is 0 Å². The lowest BCUT2D eigenvalue weighted by Crippen LogP contribution is -2.47. The summed E-state index contributed by atoms with van der Waals surface area (Å²) in [5.74, 6) is 0.719. The van der Waals surface area contributed by atoms with Gasteiger partial charge in [-0.05, 0) is 18.8 Å². The minimum absolute atomic E-state index is 0.239. The summed E-state index contributed by atoms with van der Waals surface area (Å²) in [5.41, 5.74) is 5.47. The lowest BCUT2D eigenvalue weighted by Gasteiger charge is -2.26. The third kappa shape index (κ3) is 3.79. The van der Waals surface area contributed by atoms with E-state index in [4.69, 9.17) is 5.73 Å². The summed E-state index contributed by atoms with van der Waals surface area (Å²) in [4.78, 5) is 11.9. The first-order valence-electron chi connectivity index (χ1n) is 5.82. The van der Waals surface area contributed by atoms with E-state index in [1.165, 1.54) is 0 Å². The fraction of sp³-hybridized carbons (Fsp3) is 0.917. The second-order valence-electron chi connectivity index (χ2n) is 4.38. The summed E-state index contributed by atoms with van der Waals surface area (Å²) in [5, 5.41) is 0. The molecule has 0 spiro atoms. The average molecular weight is 199 g/mol. The fourth-order valence-electron chi connectivity index (χ4n) is 1.76. The van der Waals surface area contributed by atoms with Gasteiger partial charge in [0.15, 0.2) is 5.78 Å². The van der Waals surface area contributed by atoms with Crippen LogP contribution in [0.25, 0.3) is 0 Å². The maximum atomic E-state index is 11.9. The highest BCUT2D eigenvalue weighted by Crippen LogP contribution is 2.19. The number of carbonyl (C=O) groups is 1. The molecule has 1 atom stereocenters. The third-order valence-corrected chi connectivity index (χ3v) is 3.13. The van der Waals surface area contributed by atoms with Crippen molar-refractivity contribution in [3.63, 3.8) is 0 Å². The maximum absolute atomic E-state index is 11.9. The van der Waals surface area contributed by atoms with Gasteiger partial charge in [-0.1, -0.05) is 40.5 Å². The molecule has 0 aliphatic rings. The van der Waals surface area contributed by atoms with Crippen LogP contribution in [0.1, 0.15) is 59.8 Å². The van der Waals surface area contributed by atoms with E-state index < -0.39 is 5.54 Å². The number of nitrogens with two attached hydrogens (primary N) is 1. The molecule has 0 aromatic carbocycles. The van der Waals surface area contributed by atoms with Crippen LogP contribution in [0.5, 0.6) is 0 Å². The Bertz CT molecular complexity index is 173. The Hall–Kier alpha value is -0.370. The Balaban J connectivity index is 4.18. The van der Waals surface area contributed by atoms with Gasteiger partial charge in [-0.25, -0.2) is 0 Å². The topological polar surface area (TPSA) is 43.1 Å². The van der Waals surface area contributed by atoms with Gasteiger partial charge >= 0.3 is 0 Å². The van der Waals surface area contributed by atoms with Crippen molar-refractivity contribution in [1.29, 1.82) is 0 Å². The lowest BCUT2D eigenvalue weighted by molar-refractivity contribution is -0.125. The van der Waals surface area contributed by atoms with Gasteiger partial charge in [0.05, 0.1) is 5.54 Å². The first kappa shape index (κ1) is 13.6. The van der Waals surface area contributed by atoms with E-state index in [1.54, 1.807) is 0 Å². The predicted molar refractivity (Wildman–Crippen MR) is 61.2 cm³/mol. The van der Waals surface area contributed by atoms with Gasteiger partial charge in [0, 0.05) is 6.42 Å². The summed E-state index contributed by atoms with van der Waals surface area (Å²) in [6.07, 6.45) is 4.41. The first-order chi connectivity index (χ1) is 6.50. The minimum atomic E-state index is -0.567. The van der Waals surface area contributed by atoms with Crippen molar-refractivity contribution >= 4 is 5.78 Å². The van der Waals surface area contributed by atoms with Crippen LogP contribution >= 0.6 is 0 Å².